The summed E-state index contributed by atoms with van der Waals surface area (Å²) < 4.78 is 22.4. The van der Waals surface area contributed by atoms with Gasteiger partial charge in [0, 0.05) is 20.0 Å². The van der Waals surface area contributed by atoms with Crippen molar-refractivity contribution in [2.45, 2.75) is 46.5 Å². The lowest BCUT2D eigenvalue weighted by Gasteiger charge is -2.48. The van der Waals surface area contributed by atoms with Gasteiger partial charge in [-0.05, 0) is 55.4 Å². The van der Waals surface area contributed by atoms with Gasteiger partial charge in [-0.1, -0.05) is 37.6 Å². The fourth-order valence-corrected chi connectivity index (χ4v) is 4.82. The van der Waals surface area contributed by atoms with E-state index in [1.165, 1.54) is 38.2 Å². The van der Waals surface area contributed by atoms with Crippen LogP contribution in [0.3, 0.4) is 0 Å². The number of allylic oxidation sites excluding steroid dienone is 4. The van der Waals surface area contributed by atoms with Gasteiger partial charge >= 0.3 is 7.60 Å². The van der Waals surface area contributed by atoms with E-state index in [2.05, 4.69) is 33.4 Å². The highest BCUT2D eigenvalue weighted by molar-refractivity contribution is 7.57. The van der Waals surface area contributed by atoms with Crippen LogP contribution in [0.4, 0.5) is 0 Å². The molecule has 4 heteroatoms. The summed E-state index contributed by atoms with van der Waals surface area (Å²) in [5.74, 6) is 2.84. The Kier molecular flexibility index (Phi) is 5.21. The summed E-state index contributed by atoms with van der Waals surface area (Å²) in [6.07, 6.45) is 6.59. The van der Waals surface area contributed by atoms with Crippen LogP contribution in [0, 0.1) is 17.3 Å². The van der Waals surface area contributed by atoms with Gasteiger partial charge in [-0.3, -0.25) is 4.57 Å². The molecule has 0 aromatic carbocycles. The van der Waals surface area contributed by atoms with E-state index in [0.717, 1.165) is 18.4 Å². The Hall–Kier alpha value is -0.630. The van der Waals surface area contributed by atoms with E-state index in [9.17, 15) is 4.57 Å². The molecule has 0 aromatic heterocycles. The molecule has 0 amide bonds. The molecule has 3 atom stereocenters. The quantitative estimate of drug-likeness (QED) is 0.491. The first-order chi connectivity index (χ1) is 10.2. The molecule has 1 saturated carbocycles. The summed E-state index contributed by atoms with van der Waals surface area (Å²) in [5.41, 5.74) is 4.09. The predicted molar refractivity (Wildman–Crippen MR) is 91.8 cm³/mol. The van der Waals surface area contributed by atoms with Crippen molar-refractivity contribution in [3.05, 3.63) is 35.2 Å². The van der Waals surface area contributed by atoms with Crippen molar-refractivity contribution in [1.29, 1.82) is 0 Å². The normalized spacial score (nSPS) is 34.2. The Labute approximate surface area is 135 Å². The smallest absolute Gasteiger partial charge is 0.309 e. The fourth-order valence-electron chi connectivity index (χ4n) is 3.87. The molecule has 0 aromatic rings. The van der Waals surface area contributed by atoms with Crippen LogP contribution in [0.15, 0.2) is 35.2 Å². The standard InChI is InChI=1S/C18H29O3P/c1-13(2)16-7-8-17-10-15(12-22(19,20-5)21-6)9-14(3)18(17,4)11-16/h10,12,14,16H,1,7-9,11H2,2-6H3/b15-12-/t14-,16-,18+/m1/s1. The van der Waals surface area contributed by atoms with E-state index in [4.69, 9.17) is 9.05 Å². The van der Waals surface area contributed by atoms with E-state index in [1.807, 2.05) is 0 Å². The fraction of sp³-hybridized carbons (Fsp3) is 0.667. The van der Waals surface area contributed by atoms with E-state index in [1.54, 1.807) is 5.82 Å². The van der Waals surface area contributed by atoms with Gasteiger partial charge in [-0.25, -0.2) is 0 Å². The first-order valence-corrected chi connectivity index (χ1v) is 9.64. The second-order valence-corrected chi connectivity index (χ2v) is 9.16. The average Bonchev–Trinajstić information content (AvgIpc) is 2.48. The Balaban J connectivity index is 2.33. The highest BCUT2D eigenvalue weighted by Gasteiger charge is 2.43. The van der Waals surface area contributed by atoms with Crippen molar-refractivity contribution in [1.82, 2.24) is 0 Å². The predicted octanol–water partition coefficient (Wildman–Crippen LogP) is 5.70. The van der Waals surface area contributed by atoms with Gasteiger partial charge < -0.3 is 9.05 Å². The minimum Gasteiger partial charge on any atom is -0.309 e. The zero-order valence-electron chi connectivity index (χ0n) is 14.5. The largest absolute Gasteiger partial charge is 0.353 e. The Morgan fingerprint density at radius 1 is 1.45 bits per heavy atom. The number of rotatable bonds is 4. The van der Waals surface area contributed by atoms with Crippen LogP contribution in [-0.4, -0.2) is 14.2 Å². The van der Waals surface area contributed by atoms with Crippen molar-refractivity contribution < 1.29 is 13.6 Å². The highest BCUT2D eigenvalue weighted by Crippen LogP contribution is 2.56. The van der Waals surface area contributed by atoms with E-state index in [-0.39, 0.29) is 5.41 Å². The van der Waals surface area contributed by atoms with Crippen LogP contribution in [0.1, 0.15) is 46.5 Å². The summed E-state index contributed by atoms with van der Waals surface area (Å²) in [5, 5.41) is 0. The van der Waals surface area contributed by atoms with E-state index >= 15 is 0 Å². The summed E-state index contributed by atoms with van der Waals surface area (Å²) in [6, 6.07) is 0. The Morgan fingerprint density at radius 3 is 2.64 bits per heavy atom. The molecule has 2 rings (SSSR count). The topological polar surface area (TPSA) is 35.5 Å². The molecule has 0 heterocycles. The molecule has 0 bridgehead atoms. The van der Waals surface area contributed by atoms with E-state index in [0.29, 0.717) is 11.8 Å². The third kappa shape index (κ3) is 3.32. The third-order valence-electron chi connectivity index (χ3n) is 5.69. The zero-order valence-corrected chi connectivity index (χ0v) is 15.4. The molecule has 22 heavy (non-hydrogen) atoms. The van der Waals surface area contributed by atoms with Crippen LogP contribution < -0.4 is 0 Å². The van der Waals surface area contributed by atoms with Gasteiger partial charge in [-0.15, -0.1) is 0 Å². The van der Waals surface area contributed by atoms with Crippen LogP contribution in [0.2, 0.25) is 0 Å². The van der Waals surface area contributed by atoms with Gasteiger partial charge in [-0.2, -0.15) is 0 Å². The molecule has 0 radical (unpaired) electrons. The van der Waals surface area contributed by atoms with Crippen LogP contribution >= 0.6 is 7.60 Å². The first kappa shape index (κ1) is 17.7. The van der Waals surface area contributed by atoms with Crippen molar-refractivity contribution in [2.75, 3.05) is 14.2 Å². The molecule has 2 aliphatic carbocycles. The maximum absolute atomic E-state index is 12.3. The molecule has 0 spiro atoms. The number of hydrogen-bond acceptors (Lipinski definition) is 3. The maximum Gasteiger partial charge on any atom is 0.353 e. The maximum atomic E-state index is 12.3. The van der Waals surface area contributed by atoms with Gasteiger partial charge in [0.25, 0.3) is 0 Å². The second-order valence-electron chi connectivity index (χ2n) is 7.09. The third-order valence-corrected chi connectivity index (χ3v) is 7.35. The van der Waals surface area contributed by atoms with Gasteiger partial charge in [0.15, 0.2) is 0 Å². The number of hydrogen-bond donors (Lipinski definition) is 0. The zero-order chi connectivity index (χ0) is 16.5. The van der Waals surface area contributed by atoms with E-state index < -0.39 is 7.60 Å². The molecular weight excluding hydrogens is 295 g/mol. The van der Waals surface area contributed by atoms with Crippen molar-refractivity contribution in [3.8, 4) is 0 Å². The lowest BCUT2D eigenvalue weighted by Crippen LogP contribution is -2.37. The first-order valence-electron chi connectivity index (χ1n) is 8.03. The monoisotopic (exact) mass is 324 g/mol. The molecule has 0 aliphatic heterocycles. The molecule has 0 N–H and O–H groups in total. The van der Waals surface area contributed by atoms with Gasteiger partial charge in [0.1, 0.15) is 0 Å². The van der Waals surface area contributed by atoms with Gasteiger partial charge in [0.05, 0.1) is 0 Å². The summed E-state index contributed by atoms with van der Waals surface area (Å²) in [4.78, 5) is 0. The molecule has 3 nitrogen and oxygen atoms in total. The molecular formula is C18H29O3P. The molecule has 1 fully saturated rings. The SMILES string of the molecule is C=C(C)[C@@H]1CCC2=C/C(=C\P(=O)(OC)OC)C[C@@H](C)[C@]2(C)C1. The minimum atomic E-state index is -3.09. The Morgan fingerprint density at radius 2 is 2.09 bits per heavy atom. The van der Waals surface area contributed by atoms with Crippen LogP contribution in [0.25, 0.3) is 0 Å². The van der Waals surface area contributed by atoms with Crippen molar-refractivity contribution in [3.63, 3.8) is 0 Å². The van der Waals surface area contributed by atoms with Gasteiger partial charge in [0.2, 0.25) is 0 Å². The summed E-state index contributed by atoms with van der Waals surface area (Å²) >= 11 is 0. The molecule has 0 unspecified atom stereocenters. The number of fused-ring (bicyclic) bond motifs is 1. The van der Waals surface area contributed by atoms with Crippen LogP contribution in [0.5, 0.6) is 0 Å². The van der Waals surface area contributed by atoms with Crippen LogP contribution in [-0.2, 0) is 13.6 Å². The lowest BCUT2D eigenvalue weighted by molar-refractivity contribution is 0.162. The minimum absolute atomic E-state index is 0.226. The molecule has 124 valence electrons. The summed E-state index contributed by atoms with van der Waals surface area (Å²) in [7, 11) is -0.227. The highest BCUT2D eigenvalue weighted by atomic mass is 31.2. The molecule has 0 saturated heterocycles. The molecule has 2 aliphatic rings. The Bertz CT molecular complexity index is 553. The average molecular weight is 324 g/mol. The van der Waals surface area contributed by atoms with Crippen molar-refractivity contribution in [2.24, 2.45) is 17.3 Å². The summed E-state index contributed by atoms with van der Waals surface area (Å²) in [6.45, 7) is 11.0. The second kappa shape index (κ2) is 6.47. The van der Waals surface area contributed by atoms with Crippen molar-refractivity contribution >= 4 is 7.60 Å². The lowest BCUT2D eigenvalue weighted by atomic mass is 9.57.